The lowest BCUT2D eigenvalue weighted by Crippen LogP contribution is -2.49. The fourth-order valence-corrected chi connectivity index (χ4v) is 5.47. The van der Waals surface area contributed by atoms with Gasteiger partial charge in [0.2, 0.25) is 10.0 Å². The molecule has 0 radical (unpaired) electrons. The molecule has 0 spiro atoms. The van der Waals surface area contributed by atoms with Gasteiger partial charge in [-0.2, -0.15) is 13.1 Å². The summed E-state index contributed by atoms with van der Waals surface area (Å²) >= 11 is 0. The molecule has 0 bridgehead atoms. The van der Waals surface area contributed by atoms with Gasteiger partial charge in [0.15, 0.2) is 0 Å². The largest absolute Gasteiger partial charge is 0.435 e. The number of fused-ring (bicyclic) bond motifs is 1. The highest BCUT2D eigenvalue weighted by Gasteiger charge is 2.31. The molecule has 11 heteroatoms. The second-order valence-corrected chi connectivity index (χ2v) is 9.76. The molecule has 1 aliphatic rings. The highest BCUT2D eigenvalue weighted by molar-refractivity contribution is 7.89. The molecule has 176 valence electrons. The molecule has 0 N–H and O–H groups in total. The number of sulfonamides is 1. The van der Waals surface area contributed by atoms with E-state index < -0.39 is 16.6 Å². The number of aromatic nitrogens is 2. The zero-order valence-corrected chi connectivity index (χ0v) is 19.0. The van der Waals surface area contributed by atoms with Crippen molar-refractivity contribution < 1.29 is 21.9 Å². The van der Waals surface area contributed by atoms with Crippen molar-refractivity contribution in [2.75, 3.05) is 26.2 Å². The van der Waals surface area contributed by atoms with Crippen molar-refractivity contribution in [2.45, 2.75) is 24.5 Å². The molecule has 0 saturated carbocycles. The van der Waals surface area contributed by atoms with Crippen LogP contribution in [-0.2, 0) is 17.1 Å². The molecule has 3 aromatic rings. The lowest BCUT2D eigenvalue weighted by Gasteiger charge is -2.37. The maximum atomic E-state index is 13.0. The summed E-state index contributed by atoms with van der Waals surface area (Å²) in [6.07, 6.45) is 0. The fraction of sp³-hybridized carbons (Fsp3) is 0.364. The second kappa shape index (κ2) is 9.16. The average Bonchev–Trinajstić information content (AvgIpc) is 2.81. The minimum atomic E-state index is -3.77. The standard InChI is InChI=1S/C22H24F2N4O4S/c1-15(20-25-19-6-4-3-5-18(19)21(29)26(20)2)27-11-13-28(14-12-27)33(30,31)17-9-7-16(8-10-17)32-22(23)24/h3-10,15,22H,11-14H2,1-2H3. The molecule has 0 amide bonds. The molecule has 0 aliphatic carbocycles. The summed E-state index contributed by atoms with van der Waals surface area (Å²) in [7, 11) is -2.08. The number of halogens is 2. The van der Waals surface area contributed by atoms with Crippen molar-refractivity contribution in [3.63, 3.8) is 0 Å². The van der Waals surface area contributed by atoms with Gasteiger partial charge in [0.1, 0.15) is 11.6 Å². The summed E-state index contributed by atoms with van der Waals surface area (Å²) in [4.78, 5) is 19.5. The Morgan fingerprint density at radius 2 is 1.64 bits per heavy atom. The highest BCUT2D eigenvalue weighted by atomic mass is 32.2. The van der Waals surface area contributed by atoms with Crippen LogP contribution in [0.1, 0.15) is 18.8 Å². The number of piperazine rings is 1. The van der Waals surface area contributed by atoms with Gasteiger partial charge in [-0.25, -0.2) is 13.4 Å². The van der Waals surface area contributed by atoms with Crippen LogP contribution in [0.5, 0.6) is 5.75 Å². The molecular formula is C22H24F2N4O4S. The third kappa shape index (κ3) is 4.61. The number of benzene rings is 2. The summed E-state index contributed by atoms with van der Waals surface area (Å²) in [5.41, 5.74) is 0.505. The first-order chi connectivity index (χ1) is 15.7. The van der Waals surface area contributed by atoms with E-state index >= 15 is 0 Å². The zero-order chi connectivity index (χ0) is 23.8. The summed E-state index contributed by atoms with van der Waals surface area (Å²) in [6, 6.07) is 11.9. The van der Waals surface area contributed by atoms with Crippen LogP contribution < -0.4 is 10.3 Å². The predicted octanol–water partition coefficient (Wildman–Crippen LogP) is 2.60. The maximum absolute atomic E-state index is 13.0. The van der Waals surface area contributed by atoms with E-state index in [1.807, 2.05) is 13.0 Å². The lowest BCUT2D eigenvalue weighted by molar-refractivity contribution is -0.0498. The van der Waals surface area contributed by atoms with Crippen LogP contribution >= 0.6 is 0 Å². The number of hydrogen-bond donors (Lipinski definition) is 0. The van der Waals surface area contributed by atoms with Crippen LogP contribution in [0.4, 0.5) is 8.78 Å². The molecule has 1 aromatic heterocycles. The summed E-state index contributed by atoms with van der Waals surface area (Å²) in [6.45, 7) is 0.389. The van der Waals surface area contributed by atoms with Crippen molar-refractivity contribution in [3.05, 3.63) is 64.7 Å². The number of alkyl halides is 2. The number of ether oxygens (including phenoxy) is 1. The minimum Gasteiger partial charge on any atom is -0.435 e. The van der Waals surface area contributed by atoms with E-state index in [1.54, 1.807) is 29.8 Å². The summed E-state index contributed by atoms with van der Waals surface area (Å²) in [5.74, 6) is 0.515. The van der Waals surface area contributed by atoms with E-state index in [0.29, 0.717) is 29.8 Å². The van der Waals surface area contributed by atoms with Crippen molar-refractivity contribution in [3.8, 4) is 5.75 Å². The molecule has 8 nitrogen and oxygen atoms in total. The Kier molecular flexibility index (Phi) is 6.46. The Morgan fingerprint density at radius 3 is 2.27 bits per heavy atom. The zero-order valence-electron chi connectivity index (χ0n) is 18.2. The topological polar surface area (TPSA) is 84.7 Å². The predicted molar refractivity (Wildman–Crippen MR) is 119 cm³/mol. The normalized spacial score (nSPS) is 16.9. The van der Waals surface area contributed by atoms with Crippen molar-refractivity contribution in [2.24, 2.45) is 7.05 Å². The quantitative estimate of drug-likeness (QED) is 0.542. The van der Waals surface area contributed by atoms with Crippen LogP contribution in [0.3, 0.4) is 0 Å². The highest BCUT2D eigenvalue weighted by Crippen LogP contribution is 2.25. The first-order valence-electron chi connectivity index (χ1n) is 10.4. The molecule has 1 aliphatic heterocycles. The Labute approximate surface area is 190 Å². The van der Waals surface area contributed by atoms with Gasteiger partial charge in [-0.15, -0.1) is 0 Å². The third-order valence-electron chi connectivity index (χ3n) is 5.90. The molecule has 2 heterocycles. The van der Waals surface area contributed by atoms with Crippen molar-refractivity contribution in [1.82, 2.24) is 18.8 Å². The second-order valence-electron chi connectivity index (χ2n) is 7.82. The van der Waals surface area contributed by atoms with E-state index in [4.69, 9.17) is 0 Å². The first-order valence-corrected chi connectivity index (χ1v) is 11.9. The SMILES string of the molecule is CC(c1nc2ccccc2c(=O)n1C)N1CCN(S(=O)(=O)c2ccc(OC(F)F)cc2)CC1. The van der Waals surface area contributed by atoms with Crippen LogP contribution in [0.25, 0.3) is 10.9 Å². The molecule has 33 heavy (non-hydrogen) atoms. The monoisotopic (exact) mass is 478 g/mol. The molecular weight excluding hydrogens is 454 g/mol. The van der Waals surface area contributed by atoms with Crippen LogP contribution in [0, 0.1) is 0 Å². The van der Waals surface area contributed by atoms with Crippen LogP contribution in [0.15, 0.2) is 58.2 Å². The van der Waals surface area contributed by atoms with Gasteiger partial charge in [0, 0.05) is 33.2 Å². The third-order valence-corrected chi connectivity index (χ3v) is 7.81. The van der Waals surface area contributed by atoms with Crippen LogP contribution in [0.2, 0.25) is 0 Å². The lowest BCUT2D eigenvalue weighted by atomic mass is 10.2. The van der Waals surface area contributed by atoms with E-state index in [2.05, 4.69) is 14.6 Å². The smallest absolute Gasteiger partial charge is 0.387 e. The van der Waals surface area contributed by atoms with Crippen molar-refractivity contribution >= 4 is 20.9 Å². The molecule has 2 aromatic carbocycles. The summed E-state index contributed by atoms with van der Waals surface area (Å²) < 4.78 is 57.8. The van der Waals surface area contributed by atoms with E-state index in [-0.39, 0.29) is 35.3 Å². The Balaban J connectivity index is 1.48. The Bertz CT molecular complexity index is 1300. The van der Waals surface area contributed by atoms with Crippen molar-refractivity contribution in [1.29, 1.82) is 0 Å². The van der Waals surface area contributed by atoms with Gasteiger partial charge in [-0.05, 0) is 43.3 Å². The van der Waals surface area contributed by atoms with Gasteiger partial charge in [-0.3, -0.25) is 14.3 Å². The van der Waals surface area contributed by atoms with Gasteiger partial charge < -0.3 is 4.74 Å². The average molecular weight is 479 g/mol. The first kappa shape index (κ1) is 23.3. The molecule has 1 saturated heterocycles. The van der Waals surface area contributed by atoms with E-state index in [0.717, 1.165) is 0 Å². The van der Waals surface area contributed by atoms with E-state index in [9.17, 15) is 22.0 Å². The number of nitrogens with zero attached hydrogens (tertiary/aromatic N) is 4. The van der Waals surface area contributed by atoms with E-state index in [1.165, 1.54) is 28.6 Å². The fourth-order valence-electron chi connectivity index (χ4n) is 4.05. The van der Waals surface area contributed by atoms with Gasteiger partial charge >= 0.3 is 6.61 Å². The maximum Gasteiger partial charge on any atom is 0.387 e. The van der Waals surface area contributed by atoms with Crippen LogP contribution in [-0.4, -0.2) is 60.0 Å². The van der Waals surface area contributed by atoms with Gasteiger partial charge in [0.25, 0.3) is 5.56 Å². The Morgan fingerprint density at radius 1 is 1.00 bits per heavy atom. The molecule has 1 unspecified atom stereocenters. The molecule has 4 rings (SSSR count). The number of hydrogen-bond acceptors (Lipinski definition) is 6. The minimum absolute atomic E-state index is 0.0178. The molecule has 1 atom stereocenters. The number of para-hydroxylation sites is 1. The summed E-state index contributed by atoms with van der Waals surface area (Å²) in [5, 5.41) is 0.553. The molecule has 1 fully saturated rings. The van der Waals surface area contributed by atoms with Gasteiger partial charge in [0.05, 0.1) is 21.8 Å². The Hall–Kier alpha value is -2.89. The van der Waals surface area contributed by atoms with Gasteiger partial charge in [-0.1, -0.05) is 12.1 Å². The number of rotatable bonds is 6.